The van der Waals surface area contributed by atoms with Crippen molar-refractivity contribution in [1.29, 1.82) is 0 Å². The summed E-state index contributed by atoms with van der Waals surface area (Å²) in [5.74, 6) is 1.88. The Hall–Kier alpha value is -7.21. The van der Waals surface area contributed by atoms with Crippen molar-refractivity contribution >= 4 is 53.3 Å². The molecule has 0 aliphatic rings. The molecule has 56 heavy (non-hydrogen) atoms. The van der Waals surface area contributed by atoms with Gasteiger partial charge in [-0.15, -0.1) is 11.3 Å². The van der Waals surface area contributed by atoms with Gasteiger partial charge in [-0.2, -0.15) is 0 Å². The van der Waals surface area contributed by atoms with Crippen molar-refractivity contribution in [2.75, 3.05) is 0 Å². The Balaban J connectivity index is 1.23. The van der Waals surface area contributed by atoms with Gasteiger partial charge in [-0.3, -0.25) is 0 Å². The molecular formula is C51H32N4S. The van der Waals surface area contributed by atoms with Crippen LogP contribution in [0.4, 0.5) is 0 Å². The first-order valence-corrected chi connectivity index (χ1v) is 19.6. The highest BCUT2D eigenvalue weighted by Crippen LogP contribution is 2.42. The zero-order valence-corrected chi connectivity index (χ0v) is 31.0. The van der Waals surface area contributed by atoms with Crippen LogP contribution >= 0.6 is 11.3 Å². The number of para-hydroxylation sites is 2. The lowest BCUT2D eigenvalue weighted by Gasteiger charge is -2.17. The first kappa shape index (κ1) is 32.2. The molecule has 8 aromatic carbocycles. The van der Waals surface area contributed by atoms with E-state index in [2.05, 4.69) is 193 Å². The predicted molar refractivity (Wildman–Crippen MR) is 234 cm³/mol. The van der Waals surface area contributed by atoms with Crippen LogP contribution in [0.2, 0.25) is 0 Å². The molecule has 262 valence electrons. The van der Waals surface area contributed by atoms with Crippen LogP contribution in [0.25, 0.3) is 104 Å². The van der Waals surface area contributed by atoms with Gasteiger partial charge in [0.15, 0.2) is 17.5 Å². The van der Waals surface area contributed by atoms with Gasteiger partial charge in [-0.05, 0) is 58.7 Å². The van der Waals surface area contributed by atoms with E-state index in [9.17, 15) is 0 Å². The average Bonchev–Trinajstić information content (AvgIpc) is 3.83. The van der Waals surface area contributed by atoms with Crippen LogP contribution in [0, 0.1) is 0 Å². The van der Waals surface area contributed by atoms with Crippen molar-refractivity contribution in [2.24, 2.45) is 0 Å². The number of aromatic nitrogens is 4. The summed E-state index contributed by atoms with van der Waals surface area (Å²) in [7, 11) is 0. The van der Waals surface area contributed by atoms with Crippen LogP contribution in [0.5, 0.6) is 0 Å². The SMILES string of the molecule is c1ccc(-c2ccc(-c3nc(-c4ccccc4-c4ccccc4)nc(-c4cccc5c4sc4ccccc45)n3)c(-n3c4ccccc4c4ccccc43)c2)cc1. The Labute approximate surface area is 327 Å². The lowest BCUT2D eigenvalue weighted by molar-refractivity contribution is 1.07. The van der Waals surface area contributed by atoms with Crippen molar-refractivity contribution in [2.45, 2.75) is 0 Å². The summed E-state index contributed by atoms with van der Waals surface area (Å²) in [5.41, 5.74) is 10.5. The molecule has 0 N–H and O–H groups in total. The first-order valence-electron chi connectivity index (χ1n) is 18.8. The van der Waals surface area contributed by atoms with E-state index in [0.717, 1.165) is 60.4 Å². The maximum atomic E-state index is 5.43. The highest BCUT2D eigenvalue weighted by atomic mass is 32.1. The largest absolute Gasteiger partial charge is 0.308 e. The van der Waals surface area contributed by atoms with E-state index in [1.807, 2.05) is 6.07 Å². The Morgan fingerprint density at radius 3 is 1.57 bits per heavy atom. The molecule has 0 amide bonds. The van der Waals surface area contributed by atoms with E-state index in [1.54, 1.807) is 11.3 Å². The Bertz CT molecular complexity index is 3200. The number of nitrogens with zero attached hydrogens (tertiary/aromatic N) is 4. The second-order valence-corrected chi connectivity index (χ2v) is 15.0. The minimum Gasteiger partial charge on any atom is -0.308 e. The number of benzene rings is 8. The topological polar surface area (TPSA) is 43.6 Å². The monoisotopic (exact) mass is 732 g/mol. The van der Waals surface area contributed by atoms with E-state index in [4.69, 9.17) is 15.0 Å². The average molecular weight is 733 g/mol. The molecule has 0 atom stereocenters. The summed E-state index contributed by atoms with van der Waals surface area (Å²) in [6, 6.07) is 68.5. The lowest BCUT2D eigenvalue weighted by atomic mass is 9.99. The van der Waals surface area contributed by atoms with Gasteiger partial charge in [-0.25, -0.2) is 15.0 Å². The molecule has 0 bridgehead atoms. The summed E-state index contributed by atoms with van der Waals surface area (Å²) in [5, 5.41) is 4.84. The third kappa shape index (κ3) is 5.32. The van der Waals surface area contributed by atoms with Gasteiger partial charge < -0.3 is 4.57 Å². The third-order valence-electron chi connectivity index (χ3n) is 10.7. The minimum atomic E-state index is 0.613. The van der Waals surface area contributed by atoms with Crippen LogP contribution in [-0.2, 0) is 0 Å². The molecular weight excluding hydrogens is 701 g/mol. The number of fused-ring (bicyclic) bond motifs is 6. The Morgan fingerprint density at radius 1 is 0.339 bits per heavy atom. The van der Waals surface area contributed by atoms with Gasteiger partial charge in [-0.1, -0.05) is 158 Å². The van der Waals surface area contributed by atoms with Crippen LogP contribution in [0.1, 0.15) is 0 Å². The molecule has 11 aromatic rings. The maximum Gasteiger partial charge on any atom is 0.166 e. The summed E-state index contributed by atoms with van der Waals surface area (Å²) in [6.45, 7) is 0. The highest BCUT2D eigenvalue weighted by Gasteiger charge is 2.22. The van der Waals surface area contributed by atoms with Gasteiger partial charge >= 0.3 is 0 Å². The normalized spacial score (nSPS) is 11.6. The highest BCUT2D eigenvalue weighted by molar-refractivity contribution is 7.26. The quantitative estimate of drug-likeness (QED) is 0.171. The van der Waals surface area contributed by atoms with E-state index in [-0.39, 0.29) is 0 Å². The van der Waals surface area contributed by atoms with Gasteiger partial charge in [0.05, 0.1) is 16.7 Å². The molecule has 3 heterocycles. The molecule has 0 saturated heterocycles. The zero-order valence-electron chi connectivity index (χ0n) is 30.2. The van der Waals surface area contributed by atoms with Crippen molar-refractivity contribution in [3.05, 3.63) is 194 Å². The van der Waals surface area contributed by atoms with E-state index in [1.165, 1.54) is 26.2 Å². The molecule has 0 unspecified atom stereocenters. The fourth-order valence-electron chi connectivity index (χ4n) is 8.11. The molecule has 0 aliphatic carbocycles. The van der Waals surface area contributed by atoms with Crippen LogP contribution in [0.3, 0.4) is 0 Å². The second-order valence-electron chi connectivity index (χ2n) is 14.0. The van der Waals surface area contributed by atoms with Crippen molar-refractivity contribution in [3.63, 3.8) is 0 Å². The van der Waals surface area contributed by atoms with Crippen LogP contribution < -0.4 is 0 Å². The lowest BCUT2D eigenvalue weighted by Crippen LogP contribution is -2.04. The smallest absolute Gasteiger partial charge is 0.166 e. The van der Waals surface area contributed by atoms with Crippen molar-refractivity contribution in [1.82, 2.24) is 19.5 Å². The standard InChI is InChI=1S/C51H32N4S/c1-3-16-33(17-4-1)35-30-31-42(46(32-35)55-44-27-12-9-21-37(44)38-22-10-13-28-45(38)55)50-52-49(41-24-8-7-20-36(41)34-18-5-2-6-19-34)53-51(54-50)43-26-15-25-40-39-23-11-14-29-47(39)56-48(40)43/h1-32H. The van der Waals surface area contributed by atoms with Gasteiger partial charge in [0.25, 0.3) is 0 Å². The molecule has 11 rings (SSSR count). The predicted octanol–water partition coefficient (Wildman–Crippen LogP) is 13.7. The van der Waals surface area contributed by atoms with E-state index < -0.39 is 0 Å². The van der Waals surface area contributed by atoms with Gasteiger partial charge in [0.2, 0.25) is 0 Å². The molecule has 3 aromatic heterocycles. The zero-order chi connectivity index (χ0) is 37.0. The van der Waals surface area contributed by atoms with Gasteiger partial charge in [0, 0.05) is 47.6 Å². The second kappa shape index (κ2) is 13.3. The summed E-state index contributed by atoms with van der Waals surface area (Å²) < 4.78 is 4.78. The first-order chi connectivity index (χ1) is 27.8. The Morgan fingerprint density at radius 2 is 0.857 bits per heavy atom. The number of thiophene rings is 1. The Kier molecular flexibility index (Phi) is 7.64. The molecule has 0 aliphatic heterocycles. The van der Waals surface area contributed by atoms with Crippen LogP contribution in [-0.4, -0.2) is 19.5 Å². The minimum absolute atomic E-state index is 0.613. The number of hydrogen-bond acceptors (Lipinski definition) is 4. The fourth-order valence-corrected chi connectivity index (χ4v) is 9.32. The van der Waals surface area contributed by atoms with E-state index >= 15 is 0 Å². The van der Waals surface area contributed by atoms with Crippen molar-refractivity contribution in [3.8, 4) is 62.1 Å². The van der Waals surface area contributed by atoms with Crippen molar-refractivity contribution < 1.29 is 0 Å². The maximum absolute atomic E-state index is 5.43. The molecule has 4 nitrogen and oxygen atoms in total. The molecule has 0 fully saturated rings. The molecule has 0 radical (unpaired) electrons. The molecule has 0 spiro atoms. The fraction of sp³-hybridized carbons (Fsp3) is 0. The summed E-state index contributed by atoms with van der Waals surface area (Å²) in [6.07, 6.45) is 0. The number of hydrogen-bond donors (Lipinski definition) is 0. The summed E-state index contributed by atoms with van der Waals surface area (Å²) >= 11 is 1.79. The van der Waals surface area contributed by atoms with Gasteiger partial charge in [0.1, 0.15) is 0 Å². The third-order valence-corrected chi connectivity index (χ3v) is 11.9. The number of rotatable bonds is 6. The van der Waals surface area contributed by atoms with E-state index in [0.29, 0.717) is 17.5 Å². The molecule has 5 heteroatoms. The molecule has 0 saturated carbocycles. The summed E-state index contributed by atoms with van der Waals surface area (Å²) in [4.78, 5) is 16.2. The van der Waals surface area contributed by atoms with Crippen LogP contribution in [0.15, 0.2) is 194 Å².